The fourth-order valence-electron chi connectivity index (χ4n) is 4.35. The largest absolute Gasteiger partial charge is 0.497 e. The minimum absolute atomic E-state index is 0.433. The van der Waals surface area contributed by atoms with Crippen molar-refractivity contribution in [3.05, 3.63) is 83.4 Å². The Morgan fingerprint density at radius 2 is 1.92 bits per heavy atom. The minimum Gasteiger partial charge on any atom is -0.497 e. The van der Waals surface area contributed by atoms with Crippen LogP contribution in [-0.4, -0.2) is 37.7 Å². The summed E-state index contributed by atoms with van der Waals surface area (Å²) in [4.78, 5) is 30.7. The van der Waals surface area contributed by atoms with Crippen LogP contribution in [0.25, 0.3) is 22.6 Å². The molecule has 0 spiro atoms. The Bertz CT molecular complexity index is 1470. The van der Waals surface area contributed by atoms with E-state index < -0.39 is 18.5 Å². The minimum atomic E-state index is -0.569. The number of pyridine rings is 1. The van der Waals surface area contributed by atoms with Crippen LogP contribution in [0, 0.1) is 0 Å². The average molecular weight is 485 g/mol. The maximum Gasteiger partial charge on any atom is 0.339 e. The van der Waals surface area contributed by atoms with E-state index in [0.717, 1.165) is 29.0 Å². The lowest BCUT2D eigenvalue weighted by molar-refractivity contribution is -0.119. The summed E-state index contributed by atoms with van der Waals surface area (Å²) in [7, 11) is 3.04. The summed E-state index contributed by atoms with van der Waals surface area (Å²) in [5.74, 6) is 0.696. The molecule has 0 saturated heterocycles. The zero-order valence-corrected chi connectivity index (χ0v) is 19.9. The maximum atomic E-state index is 13.3. The Hall–Kier alpha value is -4.59. The fraction of sp³-hybridized carbons (Fsp3) is 0.179. The molecule has 182 valence electrons. The number of hydrogen-bond acceptors (Lipinski definition) is 7. The van der Waals surface area contributed by atoms with E-state index >= 15 is 0 Å². The van der Waals surface area contributed by atoms with Crippen LogP contribution in [0.5, 0.6) is 11.5 Å². The molecule has 0 aliphatic heterocycles. The summed E-state index contributed by atoms with van der Waals surface area (Å²) in [5, 5.41) is 3.40. The van der Waals surface area contributed by atoms with E-state index in [1.807, 2.05) is 42.5 Å². The molecule has 0 saturated carbocycles. The number of rotatable bonds is 7. The van der Waals surface area contributed by atoms with Crippen molar-refractivity contribution in [3.63, 3.8) is 0 Å². The number of nitrogens with zero attached hydrogens (tertiary/aromatic N) is 1. The van der Waals surface area contributed by atoms with Crippen LogP contribution in [0.2, 0.25) is 0 Å². The van der Waals surface area contributed by atoms with Gasteiger partial charge in [0.15, 0.2) is 6.61 Å². The van der Waals surface area contributed by atoms with Crippen molar-refractivity contribution in [1.29, 1.82) is 0 Å². The van der Waals surface area contributed by atoms with E-state index in [2.05, 4.69) is 5.32 Å². The second kappa shape index (κ2) is 9.95. The molecular formula is C28H24N2O6. The molecule has 0 radical (unpaired) electrons. The first-order valence-electron chi connectivity index (χ1n) is 11.4. The van der Waals surface area contributed by atoms with Gasteiger partial charge >= 0.3 is 5.97 Å². The standard InChI is InChI=1S/C28H24N2O6/c1-33-18-10-12-23(24(15-18)34-2)29-25(31)16-36-28(32)26-20-7-3-4-8-22(20)30-27-17(9-11-21(26)27)14-19-6-5-13-35-19/h3-8,10,12-15H,9,11,16H2,1-2H3,(H,29,31)/b17-14+. The Kier molecular flexibility index (Phi) is 6.40. The number of carbonyl (C=O) groups is 2. The van der Waals surface area contributed by atoms with Crippen molar-refractivity contribution < 1.29 is 28.2 Å². The number of allylic oxidation sites excluding steroid dienone is 1. The number of esters is 1. The Morgan fingerprint density at radius 1 is 1.06 bits per heavy atom. The van der Waals surface area contributed by atoms with Gasteiger partial charge in [-0.15, -0.1) is 0 Å². The van der Waals surface area contributed by atoms with Gasteiger partial charge in [0.25, 0.3) is 5.91 Å². The van der Waals surface area contributed by atoms with E-state index in [1.54, 1.807) is 31.6 Å². The zero-order chi connectivity index (χ0) is 25.1. The number of carbonyl (C=O) groups excluding carboxylic acids is 2. The van der Waals surface area contributed by atoms with Crippen LogP contribution in [0.3, 0.4) is 0 Å². The SMILES string of the molecule is COc1ccc(NC(=O)COC(=O)c2c3c(nc4ccccc24)/C(=C/c2ccco2)CC3)c(OC)c1. The summed E-state index contributed by atoms with van der Waals surface area (Å²) in [6.07, 6.45) is 4.92. The van der Waals surface area contributed by atoms with Gasteiger partial charge in [-0.05, 0) is 60.4 Å². The molecule has 5 rings (SSSR count). The first-order chi connectivity index (χ1) is 17.6. The lowest BCUT2D eigenvalue weighted by atomic mass is 10.0. The molecule has 0 bridgehead atoms. The second-order valence-electron chi connectivity index (χ2n) is 8.21. The molecule has 0 fully saturated rings. The quantitative estimate of drug-likeness (QED) is 0.363. The van der Waals surface area contributed by atoms with Gasteiger partial charge in [0.05, 0.1) is 42.9 Å². The highest BCUT2D eigenvalue weighted by Gasteiger charge is 2.28. The highest BCUT2D eigenvalue weighted by Crippen LogP contribution is 2.38. The number of anilines is 1. The number of ether oxygens (including phenoxy) is 3. The Labute approximate surface area is 207 Å². The molecule has 8 heteroatoms. The molecule has 0 unspecified atom stereocenters. The van der Waals surface area contributed by atoms with Gasteiger partial charge in [-0.1, -0.05) is 18.2 Å². The third-order valence-corrected chi connectivity index (χ3v) is 6.02. The number of benzene rings is 2. The first kappa shape index (κ1) is 23.2. The van der Waals surface area contributed by atoms with E-state index in [4.69, 9.17) is 23.6 Å². The fourth-order valence-corrected chi connectivity index (χ4v) is 4.35. The van der Waals surface area contributed by atoms with Crippen molar-refractivity contribution in [1.82, 2.24) is 4.98 Å². The van der Waals surface area contributed by atoms with Gasteiger partial charge in [-0.3, -0.25) is 4.79 Å². The van der Waals surface area contributed by atoms with Crippen LogP contribution in [0.15, 0.2) is 65.3 Å². The average Bonchev–Trinajstić information content (AvgIpc) is 3.56. The summed E-state index contributed by atoms with van der Waals surface area (Å²) in [6.45, 7) is -0.450. The lowest BCUT2D eigenvalue weighted by Gasteiger charge is -2.13. The number of hydrogen-bond donors (Lipinski definition) is 1. The van der Waals surface area contributed by atoms with Crippen LogP contribution >= 0.6 is 0 Å². The van der Waals surface area contributed by atoms with E-state index in [1.165, 1.54) is 7.11 Å². The first-order valence-corrected chi connectivity index (χ1v) is 11.4. The number of methoxy groups -OCH3 is 2. The summed E-state index contributed by atoms with van der Waals surface area (Å²) >= 11 is 0. The predicted molar refractivity (Wildman–Crippen MR) is 135 cm³/mol. The third kappa shape index (κ3) is 4.53. The van der Waals surface area contributed by atoms with Crippen molar-refractivity contribution >= 4 is 40.1 Å². The van der Waals surface area contributed by atoms with Crippen LogP contribution in [-0.2, 0) is 16.0 Å². The van der Waals surface area contributed by atoms with Gasteiger partial charge in [0, 0.05) is 11.5 Å². The predicted octanol–water partition coefficient (Wildman–Crippen LogP) is 5.13. The number of aromatic nitrogens is 1. The molecular weight excluding hydrogens is 460 g/mol. The lowest BCUT2D eigenvalue weighted by Crippen LogP contribution is -2.22. The number of furan rings is 1. The molecule has 36 heavy (non-hydrogen) atoms. The molecule has 2 aromatic carbocycles. The van der Waals surface area contributed by atoms with Crippen molar-refractivity contribution in [2.75, 3.05) is 26.1 Å². The smallest absolute Gasteiger partial charge is 0.339 e. The Balaban J connectivity index is 1.39. The summed E-state index contributed by atoms with van der Waals surface area (Å²) in [5.41, 5.74) is 4.13. The zero-order valence-electron chi connectivity index (χ0n) is 19.9. The van der Waals surface area contributed by atoms with Crippen molar-refractivity contribution in [2.24, 2.45) is 0 Å². The van der Waals surface area contributed by atoms with Gasteiger partial charge in [0.1, 0.15) is 17.3 Å². The number of para-hydroxylation sites is 1. The van der Waals surface area contributed by atoms with E-state index in [9.17, 15) is 9.59 Å². The van der Waals surface area contributed by atoms with Crippen LogP contribution in [0.4, 0.5) is 5.69 Å². The molecule has 1 N–H and O–H groups in total. The molecule has 1 aliphatic carbocycles. The van der Waals surface area contributed by atoms with Crippen LogP contribution in [0.1, 0.15) is 33.8 Å². The topological polar surface area (TPSA) is 99.9 Å². The highest BCUT2D eigenvalue weighted by molar-refractivity contribution is 6.08. The molecule has 1 aliphatic rings. The van der Waals surface area contributed by atoms with E-state index in [0.29, 0.717) is 40.1 Å². The maximum absolute atomic E-state index is 13.3. The van der Waals surface area contributed by atoms with Gasteiger partial charge in [-0.2, -0.15) is 0 Å². The molecule has 1 amide bonds. The number of amides is 1. The highest BCUT2D eigenvalue weighted by atomic mass is 16.5. The third-order valence-electron chi connectivity index (χ3n) is 6.02. The monoisotopic (exact) mass is 484 g/mol. The van der Waals surface area contributed by atoms with Crippen molar-refractivity contribution in [2.45, 2.75) is 12.8 Å². The molecule has 4 aromatic rings. The molecule has 2 aromatic heterocycles. The summed E-state index contributed by atoms with van der Waals surface area (Å²) < 4.78 is 21.4. The van der Waals surface area contributed by atoms with Crippen molar-refractivity contribution in [3.8, 4) is 11.5 Å². The van der Waals surface area contributed by atoms with Crippen LogP contribution < -0.4 is 14.8 Å². The van der Waals surface area contributed by atoms with E-state index in [-0.39, 0.29) is 0 Å². The molecule has 0 atom stereocenters. The van der Waals surface area contributed by atoms with Gasteiger partial charge in [0.2, 0.25) is 0 Å². The normalized spacial score (nSPS) is 13.4. The summed E-state index contributed by atoms with van der Waals surface area (Å²) in [6, 6.07) is 16.1. The van der Waals surface area contributed by atoms with Gasteiger partial charge < -0.3 is 23.9 Å². The Morgan fingerprint density at radius 3 is 2.69 bits per heavy atom. The number of nitrogens with one attached hydrogen (secondary N) is 1. The number of fused-ring (bicyclic) bond motifs is 2. The van der Waals surface area contributed by atoms with Gasteiger partial charge in [-0.25, -0.2) is 9.78 Å². The molecule has 8 nitrogen and oxygen atoms in total. The second-order valence-corrected chi connectivity index (χ2v) is 8.21. The molecule has 2 heterocycles.